The monoisotopic (exact) mass is 597 g/mol. The van der Waals surface area contributed by atoms with Crippen molar-refractivity contribution in [2.24, 2.45) is 5.73 Å². The van der Waals surface area contributed by atoms with Crippen molar-refractivity contribution in [1.82, 2.24) is 9.88 Å². The molecular weight excluding hydrogens is 566 g/mol. The number of aromatic nitrogens is 1. The summed E-state index contributed by atoms with van der Waals surface area (Å²) in [6, 6.07) is 23.7. The van der Waals surface area contributed by atoms with Gasteiger partial charge in [-0.05, 0) is 54.0 Å². The Labute approximate surface area is 252 Å². The van der Waals surface area contributed by atoms with Crippen LogP contribution in [0.15, 0.2) is 89.2 Å². The number of rotatable bonds is 9. The Morgan fingerprint density at radius 2 is 1.56 bits per heavy atom. The van der Waals surface area contributed by atoms with E-state index in [0.29, 0.717) is 26.3 Å². The first-order valence-corrected chi connectivity index (χ1v) is 14.4. The van der Waals surface area contributed by atoms with E-state index in [2.05, 4.69) is 5.32 Å². The molecule has 0 saturated heterocycles. The van der Waals surface area contributed by atoms with Gasteiger partial charge in [0, 0.05) is 6.54 Å². The number of carbonyl (C=O) groups excluding carboxylic acids is 2. The van der Waals surface area contributed by atoms with E-state index in [9.17, 15) is 14.4 Å². The van der Waals surface area contributed by atoms with E-state index in [0.717, 1.165) is 22.5 Å². The molecule has 0 bridgehead atoms. The van der Waals surface area contributed by atoms with Crippen LogP contribution in [0.1, 0.15) is 29.5 Å². The van der Waals surface area contributed by atoms with Crippen molar-refractivity contribution in [3.05, 3.63) is 121 Å². The van der Waals surface area contributed by atoms with Crippen LogP contribution in [-0.4, -0.2) is 37.3 Å². The number of nitrogens with two attached hydrogens (primary N) is 1. The second-order valence-electron chi connectivity index (χ2n) is 9.64. The third-order valence-electron chi connectivity index (χ3n) is 7.05. The second kappa shape index (κ2) is 12.8. The number of benzene rings is 3. The normalized spacial score (nSPS) is 14.7. The first kappa shape index (κ1) is 29.4. The molecule has 0 aliphatic carbocycles. The van der Waals surface area contributed by atoms with Gasteiger partial charge in [-0.15, -0.1) is 11.3 Å². The number of nitrogens with one attached hydrogen (secondary N) is 1. The van der Waals surface area contributed by atoms with E-state index in [4.69, 9.17) is 19.9 Å². The topological polar surface area (TPSA) is 122 Å². The quantitative estimate of drug-likeness (QED) is 0.285. The van der Waals surface area contributed by atoms with E-state index in [1.165, 1.54) is 4.57 Å². The number of amides is 1. The van der Waals surface area contributed by atoms with Crippen molar-refractivity contribution in [3.63, 3.8) is 0 Å². The molecule has 2 heterocycles. The molecule has 43 heavy (non-hydrogen) atoms. The van der Waals surface area contributed by atoms with Gasteiger partial charge in [0.1, 0.15) is 22.0 Å². The lowest BCUT2D eigenvalue weighted by Crippen LogP contribution is -2.43. The number of fused-ring (bicyclic) bond motifs is 1. The van der Waals surface area contributed by atoms with Gasteiger partial charge in [0.25, 0.3) is 11.5 Å². The summed E-state index contributed by atoms with van der Waals surface area (Å²) in [6.45, 7) is 2.01. The maximum absolute atomic E-state index is 14.1. The zero-order valence-corrected chi connectivity index (χ0v) is 24.8. The summed E-state index contributed by atoms with van der Waals surface area (Å²) < 4.78 is 17.9. The van der Waals surface area contributed by atoms with Gasteiger partial charge in [-0.3, -0.25) is 14.2 Å². The van der Waals surface area contributed by atoms with Crippen LogP contribution in [-0.2, 0) is 20.9 Å². The van der Waals surface area contributed by atoms with Gasteiger partial charge in [-0.1, -0.05) is 54.6 Å². The van der Waals surface area contributed by atoms with Crippen LogP contribution >= 0.6 is 11.3 Å². The third-order valence-corrected chi connectivity index (χ3v) is 8.15. The minimum absolute atomic E-state index is 0.0141. The van der Waals surface area contributed by atoms with Crippen molar-refractivity contribution in [3.8, 4) is 11.5 Å². The Morgan fingerprint density at radius 1 is 0.930 bits per heavy atom. The molecule has 1 aliphatic heterocycles. The molecule has 9 nitrogen and oxygen atoms in total. The van der Waals surface area contributed by atoms with Gasteiger partial charge in [-0.2, -0.15) is 0 Å². The SMILES string of the molecule is CCOC(=O)C1=C(N)n2c(s/c(=C/c3ccc(OC)cc3)c2=O)=C(C(=O)NCc2ccccc2)C1c1ccc(OC)cc1. The van der Waals surface area contributed by atoms with Gasteiger partial charge in [-0.25, -0.2) is 4.79 Å². The van der Waals surface area contributed by atoms with Crippen LogP contribution in [0.5, 0.6) is 11.5 Å². The van der Waals surface area contributed by atoms with E-state index in [-0.39, 0.29) is 30.1 Å². The van der Waals surface area contributed by atoms with Crippen LogP contribution < -0.4 is 35.3 Å². The highest BCUT2D eigenvalue weighted by molar-refractivity contribution is 7.07. The number of methoxy groups -OCH3 is 2. The van der Waals surface area contributed by atoms with E-state index >= 15 is 0 Å². The van der Waals surface area contributed by atoms with Gasteiger partial charge < -0.3 is 25.3 Å². The first-order valence-electron chi connectivity index (χ1n) is 13.6. The highest BCUT2D eigenvalue weighted by atomic mass is 32.1. The fourth-order valence-corrected chi connectivity index (χ4v) is 6.11. The van der Waals surface area contributed by atoms with Crippen molar-refractivity contribution in [2.45, 2.75) is 19.4 Å². The first-order chi connectivity index (χ1) is 20.9. The summed E-state index contributed by atoms with van der Waals surface area (Å²) >= 11 is 1.14. The highest BCUT2D eigenvalue weighted by Gasteiger charge is 2.39. The van der Waals surface area contributed by atoms with Crippen molar-refractivity contribution >= 4 is 40.7 Å². The Balaban J connectivity index is 1.76. The summed E-state index contributed by atoms with van der Waals surface area (Å²) in [4.78, 5) is 41.4. The summed E-state index contributed by atoms with van der Waals surface area (Å²) in [5, 5.41) is 2.98. The molecule has 3 N–H and O–H groups in total. The lowest BCUT2D eigenvalue weighted by atomic mass is 9.82. The Bertz CT molecular complexity index is 1860. The second-order valence-corrected chi connectivity index (χ2v) is 10.7. The highest BCUT2D eigenvalue weighted by Crippen LogP contribution is 2.38. The van der Waals surface area contributed by atoms with Crippen LogP contribution in [0.3, 0.4) is 0 Å². The number of hydrogen-bond donors (Lipinski definition) is 2. The largest absolute Gasteiger partial charge is 0.497 e. The van der Waals surface area contributed by atoms with Crippen LogP contribution in [0.25, 0.3) is 17.5 Å². The number of hydrogen-bond acceptors (Lipinski definition) is 8. The van der Waals surface area contributed by atoms with Gasteiger partial charge in [0.15, 0.2) is 0 Å². The van der Waals surface area contributed by atoms with E-state index in [1.54, 1.807) is 63.6 Å². The fraction of sp³-hybridized carbons (Fsp3) is 0.182. The predicted octanol–water partition coefficient (Wildman–Crippen LogP) is 2.71. The molecule has 1 amide bonds. The van der Waals surface area contributed by atoms with Gasteiger partial charge >= 0.3 is 5.97 Å². The Kier molecular flexibility index (Phi) is 8.77. The Morgan fingerprint density at radius 3 is 2.16 bits per heavy atom. The number of carbonyl (C=O) groups is 2. The Hall–Kier alpha value is -5.09. The third kappa shape index (κ3) is 5.96. The predicted molar refractivity (Wildman–Crippen MR) is 166 cm³/mol. The van der Waals surface area contributed by atoms with Crippen LogP contribution in [0, 0.1) is 0 Å². The molecule has 10 heteroatoms. The van der Waals surface area contributed by atoms with Gasteiger partial charge in [0.05, 0.1) is 42.4 Å². The molecule has 1 aromatic heterocycles. The minimum atomic E-state index is -0.910. The standard InChI is InChI=1S/C33H31N3O6S/c1-4-42-33(39)27-26(22-12-16-24(41-3)17-13-22)28(30(37)35-19-21-8-6-5-7-9-21)32-36(29(27)34)31(38)25(43-32)18-20-10-14-23(40-2)15-11-20/h5-18,26H,4,19,34H2,1-3H3,(H,35,37)/b25-18+. The van der Waals surface area contributed by atoms with Crippen LogP contribution in [0.2, 0.25) is 0 Å². The zero-order chi connectivity index (χ0) is 30.5. The summed E-state index contributed by atoms with van der Waals surface area (Å²) in [5.41, 5.74) is 8.68. The number of nitrogens with zero attached hydrogens (tertiary/aromatic N) is 1. The molecule has 220 valence electrons. The van der Waals surface area contributed by atoms with Crippen LogP contribution in [0.4, 0.5) is 0 Å². The van der Waals surface area contributed by atoms with E-state index in [1.807, 2.05) is 42.5 Å². The van der Waals surface area contributed by atoms with Crippen molar-refractivity contribution < 1.29 is 23.8 Å². The van der Waals surface area contributed by atoms with E-state index < -0.39 is 23.4 Å². The summed E-state index contributed by atoms with van der Waals surface area (Å²) in [6.07, 6.45) is 1.72. The molecule has 0 radical (unpaired) electrons. The average Bonchev–Trinajstić information content (AvgIpc) is 3.36. The lowest BCUT2D eigenvalue weighted by molar-refractivity contribution is -0.138. The van der Waals surface area contributed by atoms with Gasteiger partial charge in [0.2, 0.25) is 0 Å². The molecule has 0 fully saturated rings. The molecule has 1 aliphatic rings. The molecule has 1 atom stereocenters. The molecular formula is C33H31N3O6S. The number of thiazole rings is 1. The fourth-order valence-electron chi connectivity index (χ4n) is 4.93. The molecule has 3 aromatic carbocycles. The zero-order valence-electron chi connectivity index (χ0n) is 24.0. The molecule has 0 spiro atoms. The molecule has 1 unspecified atom stereocenters. The smallest absolute Gasteiger partial charge is 0.338 e. The number of esters is 1. The number of ether oxygens (including phenoxy) is 3. The molecule has 5 rings (SSSR count). The average molecular weight is 598 g/mol. The maximum atomic E-state index is 14.1. The maximum Gasteiger partial charge on any atom is 0.338 e. The summed E-state index contributed by atoms with van der Waals surface area (Å²) in [5.74, 6) is -0.854. The van der Waals surface area contributed by atoms with Crippen molar-refractivity contribution in [2.75, 3.05) is 20.8 Å². The molecule has 4 aromatic rings. The van der Waals surface area contributed by atoms with Crippen molar-refractivity contribution in [1.29, 1.82) is 0 Å². The molecule has 0 saturated carbocycles. The summed E-state index contributed by atoms with van der Waals surface area (Å²) in [7, 11) is 3.13. The lowest BCUT2D eigenvalue weighted by Gasteiger charge is -2.27. The minimum Gasteiger partial charge on any atom is -0.497 e.